The molecule has 0 aromatic heterocycles. The number of hydrogen-bond acceptors (Lipinski definition) is 1. The van der Waals surface area contributed by atoms with E-state index in [0.717, 1.165) is 13.0 Å². The molecular weight excluding hydrogens is 170 g/mol. The maximum absolute atomic E-state index is 3.87. The van der Waals surface area contributed by atoms with E-state index in [1.165, 1.54) is 11.1 Å². The highest BCUT2D eigenvalue weighted by Gasteiger charge is 2.01. The molecule has 14 heavy (non-hydrogen) atoms. The topological polar surface area (TPSA) is 12.0 Å². The molecule has 0 radical (unpaired) electrons. The van der Waals surface area contributed by atoms with Crippen LogP contribution >= 0.6 is 0 Å². The fourth-order valence-electron chi connectivity index (χ4n) is 1.39. The third-order valence-electron chi connectivity index (χ3n) is 2.14. The van der Waals surface area contributed by atoms with Gasteiger partial charge in [-0.25, -0.2) is 0 Å². The van der Waals surface area contributed by atoms with E-state index >= 15 is 0 Å². The van der Waals surface area contributed by atoms with Gasteiger partial charge in [0.2, 0.25) is 0 Å². The third kappa shape index (κ3) is 4.24. The molecule has 0 bridgehead atoms. The molecule has 0 spiro atoms. The summed E-state index contributed by atoms with van der Waals surface area (Å²) in [5, 5.41) is 3.43. The summed E-state index contributed by atoms with van der Waals surface area (Å²) < 4.78 is 0. The van der Waals surface area contributed by atoms with Crippen LogP contribution in [0.3, 0.4) is 0 Å². The Morgan fingerprint density at radius 1 is 1.36 bits per heavy atom. The van der Waals surface area contributed by atoms with E-state index in [0.29, 0.717) is 6.04 Å². The first kappa shape index (κ1) is 11.0. The van der Waals surface area contributed by atoms with Gasteiger partial charge in [-0.15, -0.1) is 0 Å². The molecule has 1 atom stereocenters. The van der Waals surface area contributed by atoms with Crippen LogP contribution in [0.15, 0.2) is 42.5 Å². The maximum atomic E-state index is 3.87. The molecule has 1 aromatic carbocycles. The summed E-state index contributed by atoms with van der Waals surface area (Å²) in [7, 11) is 0. The number of nitrogens with one attached hydrogen (secondary N) is 1. The van der Waals surface area contributed by atoms with Gasteiger partial charge in [-0.1, -0.05) is 42.5 Å². The van der Waals surface area contributed by atoms with Crippen molar-refractivity contribution in [3.05, 3.63) is 48.0 Å². The highest BCUT2D eigenvalue weighted by Crippen LogP contribution is 2.02. The van der Waals surface area contributed by atoms with Crippen molar-refractivity contribution in [2.45, 2.75) is 26.3 Å². The van der Waals surface area contributed by atoms with Crippen LogP contribution in [0.2, 0.25) is 0 Å². The monoisotopic (exact) mass is 189 g/mol. The zero-order chi connectivity index (χ0) is 10.4. The van der Waals surface area contributed by atoms with Gasteiger partial charge in [0, 0.05) is 12.6 Å². The normalized spacial score (nSPS) is 12.4. The fraction of sp³-hybridized carbons (Fsp3) is 0.385. The second kappa shape index (κ2) is 5.61. The molecule has 0 aliphatic heterocycles. The first-order chi connectivity index (χ1) is 6.68. The van der Waals surface area contributed by atoms with E-state index in [1.807, 2.05) is 6.92 Å². The van der Waals surface area contributed by atoms with Crippen molar-refractivity contribution in [1.29, 1.82) is 0 Å². The van der Waals surface area contributed by atoms with Crippen molar-refractivity contribution in [3.8, 4) is 0 Å². The lowest BCUT2D eigenvalue weighted by Crippen LogP contribution is -2.29. The van der Waals surface area contributed by atoms with Gasteiger partial charge in [-0.3, -0.25) is 0 Å². The van der Waals surface area contributed by atoms with Gasteiger partial charge >= 0.3 is 0 Å². The van der Waals surface area contributed by atoms with Crippen LogP contribution < -0.4 is 5.32 Å². The van der Waals surface area contributed by atoms with Crippen molar-refractivity contribution in [1.82, 2.24) is 5.32 Å². The van der Waals surface area contributed by atoms with Crippen molar-refractivity contribution in [2.75, 3.05) is 6.54 Å². The minimum absolute atomic E-state index is 0.508. The van der Waals surface area contributed by atoms with Gasteiger partial charge in [0.1, 0.15) is 0 Å². The molecule has 0 fully saturated rings. The van der Waals surface area contributed by atoms with E-state index in [2.05, 4.69) is 49.2 Å². The van der Waals surface area contributed by atoms with E-state index in [-0.39, 0.29) is 0 Å². The molecule has 1 unspecified atom stereocenters. The Balaban J connectivity index is 2.34. The summed E-state index contributed by atoms with van der Waals surface area (Å²) in [5.41, 5.74) is 2.57. The summed E-state index contributed by atoms with van der Waals surface area (Å²) >= 11 is 0. The second-order valence-electron chi connectivity index (χ2n) is 3.93. The van der Waals surface area contributed by atoms with Crippen LogP contribution in [0.4, 0.5) is 0 Å². The van der Waals surface area contributed by atoms with Gasteiger partial charge in [0.15, 0.2) is 0 Å². The largest absolute Gasteiger partial charge is 0.310 e. The average molecular weight is 189 g/mol. The molecule has 76 valence electrons. The van der Waals surface area contributed by atoms with Crippen molar-refractivity contribution >= 4 is 0 Å². The van der Waals surface area contributed by atoms with Gasteiger partial charge in [-0.05, 0) is 25.8 Å². The van der Waals surface area contributed by atoms with Crippen LogP contribution in [0.1, 0.15) is 19.4 Å². The Morgan fingerprint density at radius 3 is 2.57 bits per heavy atom. The highest BCUT2D eigenvalue weighted by molar-refractivity contribution is 5.15. The lowest BCUT2D eigenvalue weighted by Gasteiger charge is -2.13. The Morgan fingerprint density at radius 2 is 2.00 bits per heavy atom. The molecule has 0 saturated heterocycles. The van der Waals surface area contributed by atoms with Crippen molar-refractivity contribution in [3.63, 3.8) is 0 Å². The molecule has 1 rings (SSSR count). The lowest BCUT2D eigenvalue weighted by molar-refractivity contribution is 0.573. The summed E-state index contributed by atoms with van der Waals surface area (Å²) in [6.45, 7) is 9.03. The molecule has 1 nitrogen and oxygen atoms in total. The van der Waals surface area contributed by atoms with Gasteiger partial charge < -0.3 is 5.32 Å². The summed E-state index contributed by atoms with van der Waals surface area (Å²) in [6.07, 6.45) is 1.08. The van der Waals surface area contributed by atoms with Crippen LogP contribution in [0.5, 0.6) is 0 Å². The second-order valence-corrected chi connectivity index (χ2v) is 3.93. The van der Waals surface area contributed by atoms with Crippen LogP contribution in [0, 0.1) is 0 Å². The summed E-state index contributed by atoms with van der Waals surface area (Å²) in [6, 6.07) is 11.1. The Hall–Kier alpha value is -1.08. The SMILES string of the molecule is C=C(C)CNC(C)Cc1ccccc1. The van der Waals surface area contributed by atoms with E-state index in [4.69, 9.17) is 0 Å². The quantitative estimate of drug-likeness (QED) is 0.702. The molecule has 0 saturated carbocycles. The summed E-state index contributed by atoms with van der Waals surface area (Å²) in [5.74, 6) is 0. The molecule has 0 amide bonds. The number of hydrogen-bond donors (Lipinski definition) is 1. The molecule has 1 heteroatoms. The first-order valence-electron chi connectivity index (χ1n) is 5.10. The van der Waals surface area contributed by atoms with E-state index < -0.39 is 0 Å². The summed E-state index contributed by atoms with van der Waals surface area (Å²) in [4.78, 5) is 0. The molecule has 1 N–H and O–H groups in total. The standard InChI is InChI=1S/C13H19N/c1-11(2)10-14-12(3)9-13-7-5-4-6-8-13/h4-8,12,14H,1,9-10H2,2-3H3. The molecule has 1 aromatic rings. The molecule has 0 heterocycles. The molecular formula is C13H19N. The predicted molar refractivity (Wildman–Crippen MR) is 62.4 cm³/mol. The number of rotatable bonds is 5. The predicted octanol–water partition coefficient (Wildman–Crippen LogP) is 2.78. The van der Waals surface area contributed by atoms with Crippen molar-refractivity contribution < 1.29 is 0 Å². The van der Waals surface area contributed by atoms with Gasteiger partial charge in [-0.2, -0.15) is 0 Å². The first-order valence-corrected chi connectivity index (χ1v) is 5.10. The van der Waals surface area contributed by atoms with Crippen LogP contribution in [-0.4, -0.2) is 12.6 Å². The van der Waals surface area contributed by atoms with Gasteiger partial charge in [0.05, 0.1) is 0 Å². The molecule has 0 aliphatic carbocycles. The zero-order valence-corrected chi connectivity index (χ0v) is 9.09. The maximum Gasteiger partial charge on any atom is 0.0161 e. The van der Waals surface area contributed by atoms with Crippen molar-refractivity contribution in [2.24, 2.45) is 0 Å². The Bertz CT molecular complexity index is 277. The van der Waals surface area contributed by atoms with E-state index in [9.17, 15) is 0 Å². The Kier molecular flexibility index (Phi) is 4.41. The minimum atomic E-state index is 0.508. The van der Waals surface area contributed by atoms with Crippen LogP contribution in [-0.2, 0) is 6.42 Å². The fourth-order valence-corrected chi connectivity index (χ4v) is 1.39. The zero-order valence-electron chi connectivity index (χ0n) is 9.09. The minimum Gasteiger partial charge on any atom is -0.310 e. The van der Waals surface area contributed by atoms with Crippen LogP contribution in [0.25, 0.3) is 0 Å². The third-order valence-corrected chi connectivity index (χ3v) is 2.14. The molecule has 0 aliphatic rings. The average Bonchev–Trinajstić information content (AvgIpc) is 2.16. The highest BCUT2D eigenvalue weighted by atomic mass is 14.9. The number of benzene rings is 1. The van der Waals surface area contributed by atoms with Gasteiger partial charge in [0.25, 0.3) is 0 Å². The Labute approximate surface area is 86.8 Å². The van der Waals surface area contributed by atoms with E-state index in [1.54, 1.807) is 0 Å². The lowest BCUT2D eigenvalue weighted by atomic mass is 10.1. The smallest absolute Gasteiger partial charge is 0.0161 e.